The van der Waals surface area contributed by atoms with Crippen LogP contribution in [0.15, 0.2) is 30.3 Å². The maximum atomic E-state index is 5.87. The largest absolute Gasteiger partial charge is 0.497 e. The molecule has 0 radical (unpaired) electrons. The van der Waals surface area contributed by atoms with Crippen molar-refractivity contribution < 1.29 is 18.9 Å². The minimum absolute atomic E-state index is 0.450. The van der Waals surface area contributed by atoms with Crippen molar-refractivity contribution >= 4 is 11.2 Å². The third-order valence-corrected chi connectivity index (χ3v) is 8.05. The molecule has 2 fully saturated rings. The van der Waals surface area contributed by atoms with Crippen LogP contribution in [-0.2, 0) is 22.5 Å². The smallest absolute Gasteiger partial charge is 0.182 e. The summed E-state index contributed by atoms with van der Waals surface area (Å²) in [6.07, 6.45) is 5.75. The summed E-state index contributed by atoms with van der Waals surface area (Å²) in [5.41, 5.74) is 6.74. The van der Waals surface area contributed by atoms with E-state index >= 15 is 0 Å². The second-order valence-electron chi connectivity index (χ2n) is 10.4. The Bertz CT molecular complexity index is 1210. The van der Waals surface area contributed by atoms with Crippen LogP contribution in [0.1, 0.15) is 43.9 Å². The van der Waals surface area contributed by atoms with E-state index in [1.807, 2.05) is 12.1 Å². The molecule has 3 heterocycles. The first kappa shape index (κ1) is 25.1. The highest BCUT2D eigenvalue weighted by Gasteiger charge is 2.44. The molecule has 0 amide bonds. The van der Waals surface area contributed by atoms with Gasteiger partial charge in [0.15, 0.2) is 5.69 Å². The number of nitrogens with zero attached hydrogens (tertiary/aromatic N) is 3. The summed E-state index contributed by atoms with van der Waals surface area (Å²) >= 11 is 0. The van der Waals surface area contributed by atoms with Crippen LogP contribution < -0.4 is 14.0 Å². The molecule has 36 heavy (non-hydrogen) atoms. The minimum atomic E-state index is 0.450. The van der Waals surface area contributed by atoms with Gasteiger partial charge in [-0.2, -0.15) is 5.10 Å². The molecule has 1 aliphatic carbocycles. The molecular formula is C29H40N3O4+. The normalized spacial score (nSPS) is 18.4. The molecule has 2 aliphatic rings. The Hall–Kier alpha value is -2.61. The fraction of sp³-hybridized carbons (Fsp3) is 0.552. The van der Waals surface area contributed by atoms with E-state index in [4.69, 9.17) is 24.0 Å². The molecule has 1 saturated carbocycles. The minimum Gasteiger partial charge on any atom is -0.497 e. The molecular weight excluding hydrogens is 454 g/mol. The van der Waals surface area contributed by atoms with Crippen molar-refractivity contribution in [2.75, 3.05) is 48.1 Å². The number of benzene rings is 1. The molecule has 3 aromatic rings. The molecule has 1 aliphatic heterocycles. The Morgan fingerprint density at radius 2 is 1.83 bits per heavy atom. The van der Waals surface area contributed by atoms with E-state index in [-0.39, 0.29) is 0 Å². The maximum absolute atomic E-state index is 5.87. The van der Waals surface area contributed by atoms with E-state index in [1.165, 1.54) is 36.3 Å². The zero-order chi connectivity index (χ0) is 25.3. The Labute approximate surface area is 214 Å². The van der Waals surface area contributed by atoms with Crippen LogP contribution in [0, 0.1) is 5.92 Å². The molecule has 1 atom stereocenters. The number of aromatic nitrogens is 2. The lowest BCUT2D eigenvalue weighted by Gasteiger charge is -2.43. The van der Waals surface area contributed by atoms with Crippen LogP contribution in [0.4, 0.5) is 5.69 Å². The number of fused-ring (bicyclic) bond motifs is 1. The molecule has 2 aromatic heterocycles. The first-order chi connectivity index (χ1) is 17.5. The van der Waals surface area contributed by atoms with E-state index in [1.54, 1.807) is 21.3 Å². The van der Waals surface area contributed by atoms with Gasteiger partial charge in [-0.05, 0) is 43.0 Å². The number of quaternary nitrogens is 1. The van der Waals surface area contributed by atoms with E-state index in [0.29, 0.717) is 12.6 Å². The summed E-state index contributed by atoms with van der Waals surface area (Å²) in [6.45, 7) is 5.54. The van der Waals surface area contributed by atoms with Crippen LogP contribution in [0.5, 0.6) is 11.5 Å². The van der Waals surface area contributed by atoms with Gasteiger partial charge in [-0.15, -0.1) is 0 Å². The Morgan fingerprint density at radius 1 is 1.06 bits per heavy atom. The van der Waals surface area contributed by atoms with Crippen molar-refractivity contribution in [1.29, 1.82) is 0 Å². The van der Waals surface area contributed by atoms with Gasteiger partial charge < -0.3 is 18.9 Å². The highest BCUT2D eigenvalue weighted by Crippen LogP contribution is 2.44. The quantitative estimate of drug-likeness (QED) is 0.360. The molecule has 194 valence electrons. The van der Waals surface area contributed by atoms with E-state index in [2.05, 4.69) is 36.7 Å². The van der Waals surface area contributed by atoms with E-state index < -0.39 is 0 Å². The van der Waals surface area contributed by atoms with Gasteiger partial charge in [0.25, 0.3) is 0 Å². The van der Waals surface area contributed by atoms with Gasteiger partial charge in [-0.25, -0.2) is 4.52 Å². The van der Waals surface area contributed by atoms with Crippen molar-refractivity contribution in [3.8, 4) is 22.8 Å². The standard InChI is InChI=1S/C29H40N3O4/c1-6-24-29(32(2,18-20-10-11-20)22-12-14-36-15-13-22)26-9-7-8-25(31(26)30-24)28-21(19-33-3)16-23(34-4)17-27(28)35-5/h7-9,16-17,20,22H,6,10-15,18-19H2,1-5H3/q+1. The van der Waals surface area contributed by atoms with E-state index in [0.717, 1.165) is 71.2 Å². The van der Waals surface area contributed by atoms with Crippen LogP contribution in [0.3, 0.4) is 0 Å². The second-order valence-corrected chi connectivity index (χ2v) is 10.4. The number of ether oxygens (including phenoxy) is 4. The van der Waals surface area contributed by atoms with Gasteiger partial charge in [0.2, 0.25) is 0 Å². The monoisotopic (exact) mass is 494 g/mol. The molecule has 7 heteroatoms. The Morgan fingerprint density at radius 3 is 2.47 bits per heavy atom. The molecule has 1 saturated heterocycles. The number of pyridine rings is 1. The fourth-order valence-electron chi connectivity index (χ4n) is 6.09. The molecule has 0 spiro atoms. The fourth-order valence-corrected chi connectivity index (χ4v) is 6.09. The maximum Gasteiger partial charge on any atom is 0.182 e. The zero-order valence-electron chi connectivity index (χ0n) is 22.4. The number of methoxy groups -OCH3 is 3. The predicted molar refractivity (Wildman–Crippen MR) is 143 cm³/mol. The number of hydrogen-bond acceptors (Lipinski definition) is 5. The van der Waals surface area contributed by atoms with Crippen molar-refractivity contribution in [2.45, 2.75) is 51.7 Å². The molecule has 7 nitrogen and oxygen atoms in total. The average molecular weight is 495 g/mol. The zero-order valence-corrected chi connectivity index (χ0v) is 22.4. The first-order valence-electron chi connectivity index (χ1n) is 13.2. The number of hydrogen-bond donors (Lipinski definition) is 0. The first-order valence-corrected chi connectivity index (χ1v) is 13.2. The number of rotatable bonds is 10. The topological polar surface area (TPSA) is 54.2 Å². The van der Waals surface area contributed by atoms with Gasteiger partial charge >= 0.3 is 0 Å². The molecule has 0 bridgehead atoms. The summed E-state index contributed by atoms with van der Waals surface area (Å²) in [5.74, 6) is 2.30. The Balaban J connectivity index is 1.73. The van der Waals surface area contributed by atoms with E-state index in [9.17, 15) is 0 Å². The predicted octanol–water partition coefficient (Wildman–Crippen LogP) is 5.25. The lowest BCUT2D eigenvalue weighted by Crippen LogP contribution is -2.57. The van der Waals surface area contributed by atoms with Crippen molar-refractivity contribution in [3.63, 3.8) is 0 Å². The third kappa shape index (κ3) is 4.49. The highest BCUT2D eigenvalue weighted by atomic mass is 16.5. The summed E-state index contributed by atoms with van der Waals surface area (Å²) in [6, 6.07) is 11.0. The summed E-state index contributed by atoms with van der Waals surface area (Å²) in [7, 11) is 7.54. The second kappa shape index (κ2) is 10.4. The van der Waals surface area contributed by atoms with Crippen LogP contribution >= 0.6 is 0 Å². The SMILES string of the molecule is CCc1nn2c(-c3c(COC)cc(OC)cc3OC)cccc2c1[N+](C)(CC1CC1)C1CCOCC1. The number of aryl methyl sites for hydroxylation is 1. The van der Waals surface area contributed by atoms with Crippen LogP contribution in [0.25, 0.3) is 16.8 Å². The van der Waals surface area contributed by atoms with Gasteiger partial charge in [0, 0.05) is 37.5 Å². The van der Waals surface area contributed by atoms with Crippen molar-refractivity contribution in [1.82, 2.24) is 14.1 Å². The summed E-state index contributed by atoms with van der Waals surface area (Å²) in [5, 5.41) is 5.26. The van der Waals surface area contributed by atoms with Gasteiger partial charge in [0.1, 0.15) is 22.7 Å². The van der Waals surface area contributed by atoms with Crippen LogP contribution in [-0.4, -0.2) is 63.8 Å². The molecule has 5 rings (SSSR count). The highest BCUT2D eigenvalue weighted by molar-refractivity contribution is 5.81. The average Bonchev–Trinajstić information content (AvgIpc) is 3.63. The third-order valence-electron chi connectivity index (χ3n) is 8.05. The summed E-state index contributed by atoms with van der Waals surface area (Å²) in [4.78, 5) is 0. The molecule has 1 unspecified atom stereocenters. The van der Waals surface area contributed by atoms with Crippen molar-refractivity contribution in [3.05, 3.63) is 41.6 Å². The van der Waals surface area contributed by atoms with Gasteiger partial charge in [-0.1, -0.05) is 13.0 Å². The lowest BCUT2D eigenvalue weighted by molar-refractivity contribution is 0.0436. The van der Waals surface area contributed by atoms with Gasteiger partial charge in [0.05, 0.1) is 59.4 Å². The lowest BCUT2D eigenvalue weighted by atomic mass is 10.00. The van der Waals surface area contributed by atoms with Gasteiger partial charge in [-0.3, -0.25) is 4.48 Å². The summed E-state index contributed by atoms with van der Waals surface area (Å²) < 4.78 is 25.8. The molecule has 0 N–H and O–H groups in total. The van der Waals surface area contributed by atoms with Crippen LogP contribution in [0.2, 0.25) is 0 Å². The molecule has 1 aromatic carbocycles. The Kier molecular flexibility index (Phi) is 7.24. The van der Waals surface area contributed by atoms with Crippen molar-refractivity contribution in [2.24, 2.45) is 5.92 Å².